The summed E-state index contributed by atoms with van der Waals surface area (Å²) in [6.45, 7) is 1.86. The molecule has 5 heteroatoms. The van der Waals surface area contributed by atoms with Crippen LogP contribution in [0.2, 0.25) is 5.28 Å². The van der Waals surface area contributed by atoms with Crippen molar-refractivity contribution in [1.29, 1.82) is 0 Å². The van der Waals surface area contributed by atoms with E-state index in [1.54, 1.807) is 0 Å². The zero-order chi connectivity index (χ0) is 9.42. The number of hydrogen-bond donors (Lipinski definition) is 1. The lowest BCUT2D eigenvalue weighted by Gasteiger charge is -1.87. The van der Waals surface area contributed by atoms with E-state index in [4.69, 9.17) is 11.6 Å². The monoisotopic (exact) mass is 199 g/mol. The van der Waals surface area contributed by atoms with Gasteiger partial charge in [-0.15, -0.1) is 0 Å². The molecule has 0 spiro atoms. The molecule has 0 aliphatic rings. The van der Waals surface area contributed by atoms with Crippen LogP contribution in [-0.2, 0) is 6.42 Å². The van der Waals surface area contributed by atoms with Gasteiger partial charge in [0.15, 0.2) is 5.82 Å². The highest BCUT2D eigenvalue weighted by atomic mass is 35.5. The summed E-state index contributed by atoms with van der Waals surface area (Å²) in [4.78, 5) is 10.4. The Morgan fingerprint density at radius 1 is 1.62 bits per heavy atom. The third kappa shape index (κ3) is 1.27. The van der Waals surface area contributed by atoms with Crippen LogP contribution in [0.5, 0.6) is 0 Å². The Kier molecular flexibility index (Phi) is 1.92. The van der Waals surface area contributed by atoms with E-state index in [9.17, 15) is 4.39 Å². The Hall–Kier alpha value is -1.16. The Labute approximate surface area is 79.0 Å². The molecule has 13 heavy (non-hydrogen) atoms. The second-order valence-corrected chi connectivity index (χ2v) is 3.01. The maximum atomic E-state index is 13.4. The second kappa shape index (κ2) is 2.96. The molecule has 0 aliphatic carbocycles. The van der Waals surface area contributed by atoms with E-state index in [0.717, 1.165) is 0 Å². The average Bonchev–Trinajstić information content (AvgIpc) is 2.42. The molecule has 0 atom stereocenters. The molecule has 2 aromatic rings. The van der Waals surface area contributed by atoms with Gasteiger partial charge >= 0.3 is 0 Å². The zero-order valence-electron chi connectivity index (χ0n) is 6.93. The van der Waals surface area contributed by atoms with Gasteiger partial charge in [0.1, 0.15) is 5.65 Å². The van der Waals surface area contributed by atoms with Crippen LogP contribution in [-0.4, -0.2) is 15.0 Å². The summed E-state index contributed by atoms with van der Waals surface area (Å²) < 4.78 is 13.4. The topological polar surface area (TPSA) is 41.6 Å². The summed E-state index contributed by atoms with van der Waals surface area (Å²) in [7, 11) is 0. The SMILES string of the molecule is CCc1[nH]c2nc(Cl)ncc2c1F. The molecule has 0 aromatic carbocycles. The number of aryl methyl sites for hydroxylation is 1. The van der Waals surface area contributed by atoms with Gasteiger partial charge in [-0.3, -0.25) is 0 Å². The molecule has 0 bridgehead atoms. The van der Waals surface area contributed by atoms with E-state index in [1.165, 1.54) is 6.20 Å². The minimum atomic E-state index is -0.283. The number of aromatic nitrogens is 3. The molecule has 2 heterocycles. The zero-order valence-corrected chi connectivity index (χ0v) is 7.69. The van der Waals surface area contributed by atoms with Crippen LogP contribution in [0.15, 0.2) is 6.20 Å². The minimum Gasteiger partial charge on any atom is -0.340 e. The van der Waals surface area contributed by atoms with Crippen LogP contribution in [0.4, 0.5) is 4.39 Å². The Morgan fingerprint density at radius 3 is 3.08 bits per heavy atom. The highest BCUT2D eigenvalue weighted by molar-refractivity contribution is 6.28. The Morgan fingerprint density at radius 2 is 2.38 bits per heavy atom. The summed E-state index contributed by atoms with van der Waals surface area (Å²) in [5.41, 5.74) is 0.987. The standard InChI is InChI=1S/C8H7ClFN3/c1-2-5-6(10)4-3-11-8(9)13-7(4)12-5/h3H,2H2,1H3,(H,11,12,13). The van der Waals surface area contributed by atoms with Crippen LogP contribution < -0.4 is 0 Å². The maximum absolute atomic E-state index is 13.4. The van der Waals surface area contributed by atoms with E-state index in [2.05, 4.69) is 15.0 Å². The summed E-state index contributed by atoms with van der Waals surface area (Å²) in [6.07, 6.45) is 1.98. The number of rotatable bonds is 1. The van der Waals surface area contributed by atoms with Crippen molar-refractivity contribution in [3.05, 3.63) is 23.0 Å². The fourth-order valence-electron chi connectivity index (χ4n) is 1.22. The van der Waals surface area contributed by atoms with Gasteiger partial charge < -0.3 is 4.98 Å². The largest absolute Gasteiger partial charge is 0.340 e. The van der Waals surface area contributed by atoms with E-state index in [-0.39, 0.29) is 11.1 Å². The summed E-state index contributed by atoms with van der Waals surface area (Å²) in [5, 5.41) is 0.512. The summed E-state index contributed by atoms with van der Waals surface area (Å²) in [5.74, 6) is -0.283. The van der Waals surface area contributed by atoms with Crippen LogP contribution in [0.3, 0.4) is 0 Å². The molecule has 68 valence electrons. The van der Waals surface area contributed by atoms with Gasteiger partial charge in [0.2, 0.25) is 5.28 Å². The first-order valence-corrected chi connectivity index (χ1v) is 4.28. The summed E-state index contributed by atoms with van der Waals surface area (Å²) >= 11 is 5.56. The predicted molar refractivity (Wildman–Crippen MR) is 48.2 cm³/mol. The fourth-order valence-corrected chi connectivity index (χ4v) is 1.35. The van der Waals surface area contributed by atoms with Crippen molar-refractivity contribution in [2.75, 3.05) is 0 Å². The number of fused-ring (bicyclic) bond motifs is 1. The molecule has 0 unspecified atom stereocenters. The van der Waals surface area contributed by atoms with E-state index < -0.39 is 0 Å². The lowest BCUT2D eigenvalue weighted by Crippen LogP contribution is -1.81. The van der Waals surface area contributed by atoms with Crippen LogP contribution in [0.1, 0.15) is 12.6 Å². The van der Waals surface area contributed by atoms with Crippen LogP contribution >= 0.6 is 11.6 Å². The number of aromatic amines is 1. The Bertz CT molecular complexity index is 452. The number of nitrogens with one attached hydrogen (secondary N) is 1. The molecule has 3 nitrogen and oxygen atoms in total. The average molecular weight is 200 g/mol. The van der Waals surface area contributed by atoms with Gasteiger partial charge in [0.05, 0.1) is 11.1 Å². The molecule has 0 aliphatic heterocycles. The van der Waals surface area contributed by atoms with Crippen LogP contribution in [0, 0.1) is 5.82 Å². The normalized spacial score (nSPS) is 11.0. The molecular formula is C8H7ClFN3. The number of nitrogens with zero attached hydrogens (tertiary/aromatic N) is 2. The first-order valence-electron chi connectivity index (χ1n) is 3.91. The van der Waals surface area contributed by atoms with Gasteiger partial charge in [0.25, 0.3) is 0 Å². The van der Waals surface area contributed by atoms with Gasteiger partial charge in [-0.05, 0) is 18.0 Å². The maximum Gasteiger partial charge on any atom is 0.224 e. The molecule has 0 amide bonds. The van der Waals surface area contributed by atoms with E-state index >= 15 is 0 Å². The fraction of sp³-hybridized carbons (Fsp3) is 0.250. The van der Waals surface area contributed by atoms with Crippen molar-refractivity contribution in [3.63, 3.8) is 0 Å². The minimum absolute atomic E-state index is 0.122. The molecule has 1 N–H and O–H groups in total. The van der Waals surface area contributed by atoms with Crippen molar-refractivity contribution >= 4 is 22.6 Å². The van der Waals surface area contributed by atoms with E-state index in [0.29, 0.717) is 23.1 Å². The van der Waals surface area contributed by atoms with E-state index in [1.807, 2.05) is 6.92 Å². The number of H-pyrrole nitrogens is 1. The second-order valence-electron chi connectivity index (χ2n) is 2.67. The number of hydrogen-bond acceptors (Lipinski definition) is 2. The van der Waals surface area contributed by atoms with Gasteiger partial charge in [0, 0.05) is 6.20 Å². The van der Waals surface area contributed by atoms with Crippen molar-refractivity contribution in [1.82, 2.24) is 15.0 Å². The molecular weight excluding hydrogens is 193 g/mol. The van der Waals surface area contributed by atoms with Gasteiger partial charge in [-0.2, -0.15) is 4.98 Å². The van der Waals surface area contributed by atoms with Gasteiger partial charge in [-0.25, -0.2) is 9.37 Å². The molecule has 2 aromatic heterocycles. The number of halogens is 2. The van der Waals surface area contributed by atoms with Crippen molar-refractivity contribution in [2.45, 2.75) is 13.3 Å². The van der Waals surface area contributed by atoms with Crippen LogP contribution in [0.25, 0.3) is 11.0 Å². The Balaban J connectivity index is 2.76. The van der Waals surface area contributed by atoms with Crippen molar-refractivity contribution in [3.8, 4) is 0 Å². The molecule has 0 radical (unpaired) electrons. The molecule has 0 saturated carbocycles. The third-order valence-corrected chi connectivity index (χ3v) is 2.07. The smallest absolute Gasteiger partial charge is 0.224 e. The molecule has 2 rings (SSSR count). The molecule has 0 fully saturated rings. The van der Waals surface area contributed by atoms with Crippen molar-refractivity contribution in [2.24, 2.45) is 0 Å². The summed E-state index contributed by atoms with van der Waals surface area (Å²) in [6, 6.07) is 0. The lowest BCUT2D eigenvalue weighted by molar-refractivity contribution is 0.621. The first kappa shape index (κ1) is 8.44. The predicted octanol–water partition coefficient (Wildman–Crippen LogP) is 2.31. The highest BCUT2D eigenvalue weighted by Gasteiger charge is 2.10. The van der Waals surface area contributed by atoms with Gasteiger partial charge in [-0.1, -0.05) is 6.92 Å². The first-order chi connectivity index (χ1) is 6.22. The quantitative estimate of drug-likeness (QED) is 0.717. The molecule has 0 saturated heterocycles. The lowest BCUT2D eigenvalue weighted by atomic mass is 10.3. The highest BCUT2D eigenvalue weighted by Crippen LogP contribution is 2.19. The van der Waals surface area contributed by atoms with Crippen molar-refractivity contribution < 1.29 is 4.39 Å². The third-order valence-electron chi connectivity index (χ3n) is 1.88.